The highest BCUT2D eigenvalue weighted by atomic mass is 16.3. The van der Waals surface area contributed by atoms with Crippen LogP contribution in [0.3, 0.4) is 0 Å². The second-order valence-electron chi connectivity index (χ2n) is 8.65. The summed E-state index contributed by atoms with van der Waals surface area (Å²) in [6.45, 7) is 7.28. The molecule has 6 heteroatoms. The van der Waals surface area contributed by atoms with Crippen molar-refractivity contribution in [2.24, 2.45) is 10.5 Å². The number of aryl methyl sites for hydroxylation is 1. The molecule has 3 heterocycles. The molecule has 0 radical (unpaired) electrons. The van der Waals surface area contributed by atoms with Crippen molar-refractivity contribution < 1.29 is 9.90 Å². The zero-order valence-electron chi connectivity index (χ0n) is 17.6. The number of anilines is 2. The highest BCUT2D eigenvalue weighted by Crippen LogP contribution is 2.48. The first-order chi connectivity index (χ1) is 14.5. The molecule has 1 N–H and O–H groups in total. The number of hydrazone groups is 1. The van der Waals surface area contributed by atoms with Gasteiger partial charge in [0, 0.05) is 31.9 Å². The summed E-state index contributed by atoms with van der Waals surface area (Å²) >= 11 is 0. The van der Waals surface area contributed by atoms with Gasteiger partial charge in [-0.05, 0) is 44.0 Å². The third kappa shape index (κ3) is 2.78. The summed E-state index contributed by atoms with van der Waals surface area (Å²) in [5, 5.41) is 15.9. The Kier molecular flexibility index (Phi) is 4.64. The molecule has 2 atom stereocenters. The van der Waals surface area contributed by atoms with Gasteiger partial charge in [-0.15, -0.1) is 0 Å². The highest BCUT2D eigenvalue weighted by molar-refractivity contribution is 6.20. The predicted molar refractivity (Wildman–Crippen MR) is 119 cm³/mol. The van der Waals surface area contributed by atoms with Crippen LogP contribution in [0.4, 0.5) is 11.4 Å². The van der Waals surface area contributed by atoms with E-state index in [1.807, 2.05) is 38.1 Å². The number of aliphatic hydroxyl groups is 1. The predicted octanol–water partition coefficient (Wildman–Crippen LogP) is 2.44. The van der Waals surface area contributed by atoms with Crippen LogP contribution in [0.2, 0.25) is 0 Å². The van der Waals surface area contributed by atoms with Gasteiger partial charge in [0.1, 0.15) is 5.41 Å². The molecule has 2 aromatic rings. The maximum Gasteiger partial charge on any atom is 0.261 e. The number of aliphatic hydroxyl groups excluding tert-OH is 1. The van der Waals surface area contributed by atoms with E-state index in [-0.39, 0.29) is 18.6 Å². The molecular weight excluding hydrogens is 376 g/mol. The Morgan fingerprint density at radius 1 is 1.10 bits per heavy atom. The van der Waals surface area contributed by atoms with Gasteiger partial charge in [0.2, 0.25) is 0 Å². The molecule has 0 aromatic heterocycles. The first-order valence-electron chi connectivity index (χ1n) is 10.7. The summed E-state index contributed by atoms with van der Waals surface area (Å²) in [5.74, 6) is 0.0548. The number of benzene rings is 2. The number of rotatable bonds is 3. The van der Waals surface area contributed by atoms with Crippen molar-refractivity contribution in [1.82, 2.24) is 4.90 Å². The van der Waals surface area contributed by atoms with Crippen LogP contribution in [-0.2, 0) is 11.2 Å². The molecule has 6 nitrogen and oxygen atoms in total. The van der Waals surface area contributed by atoms with E-state index in [4.69, 9.17) is 5.10 Å². The quantitative estimate of drug-likeness (QED) is 0.854. The smallest absolute Gasteiger partial charge is 0.261 e. The summed E-state index contributed by atoms with van der Waals surface area (Å²) in [4.78, 5) is 18.7. The minimum absolute atomic E-state index is 0.000557. The number of carbonyl (C=O) groups excluding carboxylic acids is 1. The zero-order chi connectivity index (χ0) is 20.9. The van der Waals surface area contributed by atoms with E-state index in [2.05, 4.69) is 34.1 Å². The molecule has 3 aliphatic rings. The lowest BCUT2D eigenvalue weighted by Crippen LogP contribution is -2.67. The average Bonchev–Trinajstić information content (AvgIpc) is 3.00. The lowest BCUT2D eigenvalue weighted by atomic mass is 9.67. The summed E-state index contributed by atoms with van der Waals surface area (Å²) in [6.07, 6.45) is 0.661. The first kappa shape index (κ1) is 19.3. The molecule has 0 saturated carbocycles. The number of carbonyl (C=O) groups is 1. The van der Waals surface area contributed by atoms with Crippen LogP contribution in [0.15, 0.2) is 53.6 Å². The highest BCUT2D eigenvalue weighted by Gasteiger charge is 2.59. The van der Waals surface area contributed by atoms with Gasteiger partial charge in [-0.1, -0.05) is 35.9 Å². The molecule has 0 unspecified atom stereocenters. The van der Waals surface area contributed by atoms with Crippen molar-refractivity contribution >= 4 is 23.0 Å². The molecule has 0 bridgehead atoms. The number of nitrogens with zero attached hydrogens (tertiary/aromatic N) is 4. The maximum absolute atomic E-state index is 14.0. The van der Waals surface area contributed by atoms with Crippen molar-refractivity contribution in [1.29, 1.82) is 0 Å². The second-order valence-corrected chi connectivity index (χ2v) is 8.65. The number of β-amino-alcohol motifs (C(OH)–C–C–N with tert-alkyl or cyclic N) is 1. The van der Waals surface area contributed by atoms with Crippen molar-refractivity contribution in [3.05, 3.63) is 59.7 Å². The Bertz CT molecular complexity index is 1000. The van der Waals surface area contributed by atoms with Gasteiger partial charge in [0.15, 0.2) is 0 Å². The van der Waals surface area contributed by atoms with Crippen molar-refractivity contribution in [2.45, 2.75) is 26.3 Å². The minimum atomic E-state index is -0.687. The fraction of sp³-hybridized carbons (Fsp3) is 0.417. The fourth-order valence-electron chi connectivity index (χ4n) is 5.33. The molecule has 156 valence electrons. The normalized spacial score (nSPS) is 26.0. The standard InChI is InChI=1S/C24H28N4O2/c1-17-7-9-20(10-8-17)28-23(30)24(18(2)25-28)15-19-5-3-4-6-21(19)27-12-11-26(13-14-29)16-22(24)27/h3-10,22,29H,11-16H2,1-2H3/t22-,24-/m0/s1. The lowest BCUT2D eigenvalue weighted by Gasteiger charge is -2.53. The number of hydrogen-bond acceptors (Lipinski definition) is 5. The van der Waals surface area contributed by atoms with Gasteiger partial charge in [0.25, 0.3) is 5.91 Å². The van der Waals surface area contributed by atoms with E-state index in [0.717, 1.165) is 36.6 Å². The zero-order valence-corrected chi connectivity index (χ0v) is 17.6. The van der Waals surface area contributed by atoms with Gasteiger partial charge in [-0.3, -0.25) is 9.69 Å². The first-order valence-corrected chi connectivity index (χ1v) is 10.7. The van der Waals surface area contributed by atoms with Crippen LogP contribution in [0.5, 0.6) is 0 Å². The molecule has 2 aromatic carbocycles. The van der Waals surface area contributed by atoms with Crippen LogP contribution in [0, 0.1) is 12.3 Å². The Labute approximate surface area is 177 Å². The van der Waals surface area contributed by atoms with Gasteiger partial charge in [0.05, 0.1) is 24.0 Å². The van der Waals surface area contributed by atoms with E-state index < -0.39 is 5.41 Å². The molecule has 3 aliphatic heterocycles. The molecule has 30 heavy (non-hydrogen) atoms. The number of piperazine rings is 1. The third-order valence-electron chi connectivity index (χ3n) is 6.97. The molecule has 1 fully saturated rings. The van der Waals surface area contributed by atoms with Crippen molar-refractivity contribution in [3.8, 4) is 0 Å². The summed E-state index contributed by atoms with van der Waals surface area (Å²) in [7, 11) is 0. The molecular formula is C24H28N4O2. The Balaban J connectivity index is 1.59. The van der Waals surface area contributed by atoms with E-state index in [0.29, 0.717) is 13.0 Å². The molecule has 1 spiro atoms. The maximum atomic E-state index is 14.0. The Morgan fingerprint density at radius 3 is 2.63 bits per heavy atom. The lowest BCUT2D eigenvalue weighted by molar-refractivity contribution is -0.125. The van der Waals surface area contributed by atoms with Crippen molar-refractivity contribution in [3.63, 3.8) is 0 Å². The van der Waals surface area contributed by atoms with Crippen LogP contribution >= 0.6 is 0 Å². The summed E-state index contributed by atoms with van der Waals surface area (Å²) in [5.41, 5.74) is 4.60. The van der Waals surface area contributed by atoms with Gasteiger partial charge in [-0.2, -0.15) is 10.1 Å². The van der Waals surface area contributed by atoms with Gasteiger partial charge >= 0.3 is 0 Å². The summed E-state index contributed by atoms with van der Waals surface area (Å²) < 4.78 is 0. The second kappa shape index (κ2) is 7.22. The monoisotopic (exact) mass is 404 g/mol. The molecule has 1 saturated heterocycles. The number of hydrogen-bond donors (Lipinski definition) is 1. The number of amides is 1. The topological polar surface area (TPSA) is 59.4 Å². The number of para-hydroxylation sites is 1. The Hall–Kier alpha value is -2.70. The van der Waals surface area contributed by atoms with E-state index in [1.54, 1.807) is 5.01 Å². The average molecular weight is 405 g/mol. The molecule has 0 aliphatic carbocycles. The SMILES string of the molecule is CC1=NN(c2ccc(C)cc2)C(=O)[C@@]12Cc1ccccc1N1CCN(CCO)C[C@H]12. The summed E-state index contributed by atoms with van der Waals surface area (Å²) in [6, 6.07) is 16.4. The third-order valence-corrected chi connectivity index (χ3v) is 6.97. The van der Waals surface area contributed by atoms with E-state index in [9.17, 15) is 9.90 Å². The molecule has 5 rings (SSSR count). The van der Waals surface area contributed by atoms with E-state index >= 15 is 0 Å². The Morgan fingerprint density at radius 2 is 1.87 bits per heavy atom. The van der Waals surface area contributed by atoms with Crippen LogP contribution < -0.4 is 9.91 Å². The van der Waals surface area contributed by atoms with Crippen LogP contribution in [0.25, 0.3) is 0 Å². The van der Waals surface area contributed by atoms with Crippen LogP contribution in [-0.4, -0.2) is 60.5 Å². The largest absolute Gasteiger partial charge is 0.395 e. The van der Waals surface area contributed by atoms with Gasteiger partial charge in [-0.25, -0.2) is 0 Å². The molecule has 1 amide bonds. The van der Waals surface area contributed by atoms with E-state index in [1.165, 1.54) is 11.3 Å². The minimum Gasteiger partial charge on any atom is -0.395 e. The number of fused-ring (bicyclic) bond motifs is 4. The fourth-order valence-corrected chi connectivity index (χ4v) is 5.33. The van der Waals surface area contributed by atoms with Gasteiger partial charge < -0.3 is 10.0 Å². The van der Waals surface area contributed by atoms with Crippen molar-refractivity contribution in [2.75, 3.05) is 42.7 Å². The van der Waals surface area contributed by atoms with Crippen LogP contribution in [0.1, 0.15) is 18.1 Å².